The van der Waals surface area contributed by atoms with Crippen LogP contribution in [0.4, 0.5) is 4.39 Å². The predicted molar refractivity (Wildman–Crippen MR) is 97.2 cm³/mol. The Kier molecular flexibility index (Phi) is 6.96. The Hall–Kier alpha value is -2.62. The van der Waals surface area contributed by atoms with E-state index in [9.17, 15) is 14.0 Å². The van der Waals surface area contributed by atoms with Gasteiger partial charge in [0.1, 0.15) is 5.82 Å². The number of nitrogens with one attached hydrogen (secondary N) is 1. The summed E-state index contributed by atoms with van der Waals surface area (Å²) in [4.78, 5) is 25.1. The Morgan fingerprint density at radius 2 is 2.15 bits per heavy atom. The van der Waals surface area contributed by atoms with E-state index in [1.54, 1.807) is 19.2 Å². The van der Waals surface area contributed by atoms with Crippen LogP contribution in [0.3, 0.4) is 0 Å². The first-order valence-corrected chi connectivity index (χ1v) is 9.00. The van der Waals surface area contributed by atoms with E-state index >= 15 is 0 Å². The minimum atomic E-state index is -0.405. The number of aromatic nitrogens is 3. The molecule has 8 nitrogen and oxygen atoms in total. The third kappa shape index (κ3) is 5.19. The molecule has 0 saturated carbocycles. The second-order valence-electron chi connectivity index (χ2n) is 5.57. The van der Waals surface area contributed by atoms with Crippen molar-refractivity contribution in [3.8, 4) is 11.4 Å². The number of hydrogen-bond donors (Lipinski definition) is 2. The second-order valence-corrected chi connectivity index (χ2v) is 6.52. The number of hydrogen-bond acceptors (Lipinski definition) is 6. The monoisotopic (exact) mass is 380 g/mol. The van der Waals surface area contributed by atoms with Crippen molar-refractivity contribution in [2.75, 3.05) is 31.7 Å². The van der Waals surface area contributed by atoms with Crippen molar-refractivity contribution in [3.05, 3.63) is 30.1 Å². The average molecular weight is 380 g/mol. The molecule has 2 amide bonds. The SMILES string of the molecule is CCCNC(=O)CN(C)C(=O)CSc1nnc(-c2cccc(F)c2)n1N. The highest BCUT2D eigenvalue weighted by Crippen LogP contribution is 2.22. The van der Waals surface area contributed by atoms with Crippen LogP contribution in [0.15, 0.2) is 29.4 Å². The highest BCUT2D eigenvalue weighted by atomic mass is 32.2. The van der Waals surface area contributed by atoms with Gasteiger partial charge in [-0.25, -0.2) is 9.07 Å². The van der Waals surface area contributed by atoms with Gasteiger partial charge < -0.3 is 16.1 Å². The molecule has 10 heteroatoms. The molecule has 2 aromatic rings. The van der Waals surface area contributed by atoms with E-state index in [2.05, 4.69) is 15.5 Å². The van der Waals surface area contributed by atoms with Crippen LogP contribution in [-0.4, -0.2) is 57.5 Å². The molecular formula is C16H21FN6O2S. The largest absolute Gasteiger partial charge is 0.355 e. The van der Waals surface area contributed by atoms with Gasteiger partial charge >= 0.3 is 0 Å². The Balaban J connectivity index is 1.93. The summed E-state index contributed by atoms with van der Waals surface area (Å²) in [5.41, 5.74) is 0.489. The molecule has 1 aromatic carbocycles. The Bertz CT molecular complexity index is 782. The molecule has 2 rings (SSSR count). The first kappa shape index (κ1) is 19.7. The number of carbonyl (C=O) groups excluding carboxylic acids is 2. The quantitative estimate of drug-likeness (QED) is 0.520. The van der Waals surface area contributed by atoms with E-state index in [4.69, 9.17) is 5.84 Å². The molecule has 1 heterocycles. The van der Waals surface area contributed by atoms with Gasteiger partial charge in [0, 0.05) is 19.2 Å². The van der Waals surface area contributed by atoms with Crippen molar-refractivity contribution in [1.29, 1.82) is 0 Å². The van der Waals surface area contributed by atoms with Crippen LogP contribution < -0.4 is 11.2 Å². The fraction of sp³-hybridized carbons (Fsp3) is 0.375. The number of nitrogens with two attached hydrogens (primary N) is 1. The van der Waals surface area contributed by atoms with Crippen molar-refractivity contribution in [2.24, 2.45) is 0 Å². The van der Waals surface area contributed by atoms with Gasteiger partial charge in [-0.05, 0) is 18.6 Å². The fourth-order valence-electron chi connectivity index (χ4n) is 2.06. The highest BCUT2D eigenvalue weighted by Gasteiger charge is 2.17. The van der Waals surface area contributed by atoms with E-state index in [0.29, 0.717) is 23.1 Å². The summed E-state index contributed by atoms with van der Waals surface area (Å²) in [6.07, 6.45) is 0.832. The molecule has 0 unspecified atom stereocenters. The third-order valence-corrected chi connectivity index (χ3v) is 4.38. The highest BCUT2D eigenvalue weighted by molar-refractivity contribution is 7.99. The van der Waals surface area contributed by atoms with Gasteiger partial charge in [-0.3, -0.25) is 9.59 Å². The van der Waals surface area contributed by atoms with Gasteiger partial charge in [0.05, 0.1) is 12.3 Å². The molecule has 0 bridgehead atoms. The smallest absolute Gasteiger partial charge is 0.239 e. The lowest BCUT2D eigenvalue weighted by molar-refractivity contribution is -0.132. The number of benzene rings is 1. The number of likely N-dealkylation sites (N-methyl/N-ethyl adjacent to an activating group) is 1. The minimum Gasteiger partial charge on any atom is -0.355 e. The third-order valence-electron chi connectivity index (χ3n) is 3.45. The molecular weight excluding hydrogens is 359 g/mol. The zero-order valence-corrected chi connectivity index (χ0v) is 15.4. The zero-order chi connectivity index (χ0) is 19.1. The van der Waals surface area contributed by atoms with Crippen molar-refractivity contribution in [3.63, 3.8) is 0 Å². The summed E-state index contributed by atoms with van der Waals surface area (Å²) in [6.45, 7) is 2.52. The van der Waals surface area contributed by atoms with E-state index in [0.717, 1.165) is 18.2 Å². The van der Waals surface area contributed by atoms with E-state index in [1.165, 1.54) is 21.7 Å². The van der Waals surface area contributed by atoms with E-state index in [1.807, 2.05) is 6.92 Å². The molecule has 0 spiro atoms. The summed E-state index contributed by atoms with van der Waals surface area (Å²) in [7, 11) is 1.56. The summed E-state index contributed by atoms with van der Waals surface area (Å²) >= 11 is 1.10. The van der Waals surface area contributed by atoms with Crippen molar-refractivity contribution in [2.45, 2.75) is 18.5 Å². The van der Waals surface area contributed by atoms with Gasteiger partial charge in [0.2, 0.25) is 17.0 Å². The van der Waals surface area contributed by atoms with Gasteiger partial charge in [0.15, 0.2) is 5.82 Å². The minimum absolute atomic E-state index is 0.0107. The number of carbonyl (C=O) groups is 2. The average Bonchev–Trinajstić information content (AvgIpc) is 2.98. The van der Waals surface area contributed by atoms with Crippen LogP contribution in [-0.2, 0) is 9.59 Å². The number of nitrogen functional groups attached to an aromatic ring is 1. The Labute approximate surface area is 154 Å². The van der Waals surface area contributed by atoms with Gasteiger partial charge in [0.25, 0.3) is 0 Å². The lowest BCUT2D eigenvalue weighted by Gasteiger charge is -2.16. The fourth-order valence-corrected chi connectivity index (χ4v) is 2.86. The first-order chi connectivity index (χ1) is 12.4. The summed E-state index contributed by atoms with van der Waals surface area (Å²) in [6, 6.07) is 5.84. The Morgan fingerprint density at radius 1 is 1.38 bits per heavy atom. The Morgan fingerprint density at radius 3 is 2.85 bits per heavy atom. The van der Waals surface area contributed by atoms with Crippen molar-refractivity contribution in [1.82, 2.24) is 25.1 Å². The zero-order valence-electron chi connectivity index (χ0n) is 14.6. The van der Waals surface area contributed by atoms with Gasteiger partial charge in [-0.2, -0.15) is 0 Å². The van der Waals surface area contributed by atoms with Crippen LogP contribution in [0.25, 0.3) is 11.4 Å². The first-order valence-electron chi connectivity index (χ1n) is 8.02. The van der Waals surface area contributed by atoms with Crippen LogP contribution in [0.5, 0.6) is 0 Å². The number of nitrogens with zero attached hydrogens (tertiary/aromatic N) is 4. The molecule has 140 valence electrons. The molecule has 26 heavy (non-hydrogen) atoms. The number of halogens is 1. The topological polar surface area (TPSA) is 106 Å². The molecule has 0 aliphatic heterocycles. The molecule has 0 fully saturated rings. The van der Waals surface area contributed by atoms with Crippen LogP contribution in [0.2, 0.25) is 0 Å². The number of rotatable bonds is 8. The van der Waals surface area contributed by atoms with Crippen LogP contribution >= 0.6 is 11.8 Å². The number of amides is 2. The van der Waals surface area contributed by atoms with Crippen LogP contribution in [0.1, 0.15) is 13.3 Å². The standard InChI is InChI=1S/C16H21FN6O2S/c1-3-7-19-13(24)9-22(2)14(25)10-26-16-21-20-15(23(16)18)11-5-4-6-12(17)8-11/h4-6,8H,3,7,9-10,18H2,1-2H3,(H,19,24). The normalized spacial score (nSPS) is 10.6. The molecule has 1 aromatic heterocycles. The lowest BCUT2D eigenvalue weighted by Crippen LogP contribution is -2.39. The van der Waals surface area contributed by atoms with Gasteiger partial charge in [-0.1, -0.05) is 30.8 Å². The van der Waals surface area contributed by atoms with Crippen molar-refractivity contribution >= 4 is 23.6 Å². The van der Waals surface area contributed by atoms with Crippen molar-refractivity contribution < 1.29 is 14.0 Å². The molecule has 3 N–H and O–H groups in total. The van der Waals surface area contributed by atoms with E-state index < -0.39 is 5.82 Å². The summed E-state index contributed by atoms with van der Waals surface area (Å²) < 4.78 is 14.5. The summed E-state index contributed by atoms with van der Waals surface area (Å²) in [5, 5.41) is 10.9. The molecule has 0 atom stereocenters. The maximum atomic E-state index is 13.3. The molecule has 0 radical (unpaired) electrons. The van der Waals surface area contributed by atoms with Crippen LogP contribution in [0, 0.1) is 5.82 Å². The summed E-state index contributed by atoms with van der Waals surface area (Å²) in [5.74, 6) is 5.44. The van der Waals surface area contributed by atoms with E-state index in [-0.39, 0.29) is 24.1 Å². The van der Waals surface area contributed by atoms with Gasteiger partial charge in [-0.15, -0.1) is 10.2 Å². The maximum Gasteiger partial charge on any atom is 0.239 e. The number of thioether (sulfide) groups is 1. The predicted octanol–water partition coefficient (Wildman–Crippen LogP) is 0.875. The second kappa shape index (κ2) is 9.18. The molecule has 0 aliphatic carbocycles. The lowest BCUT2D eigenvalue weighted by atomic mass is 10.2. The molecule has 0 saturated heterocycles. The maximum absolute atomic E-state index is 13.3. The molecule has 0 aliphatic rings.